The fraction of sp³-hybridized carbons (Fsp3) is 0.429. The maximum atomic E-state index is 12.2. The van der Waals surface area contributed by atoms with E-state index in [1.807, 2.05) is 6.92 Å². The molecule has 4 nitrogen and oxygen atoms in total. The number of aliphatic carboxylic acids is 1. The lowest BCUT2D eigenvalue weighted by atomic mass is 9.90. The highest BCUT2D eigenvalue weighted by Crippen LogP contribution is 2.26. The minimum atomic E-state index is -1.07. The summed E-state index contributed by atoms with van der Waals surface area (Å²) in [6.45, 7) is 5.36. The van der Waals surface area contributed by atoms with E-state index in [4.69, 9.17) is 9.84 Å². The molecule has 98 valence electrons. The van der Waals surface area contributed by atoms with E-state index in [0.29, 0.717) is 17.7 Å². The van der Waals surface area contributed by atoms with Gasteiger partial charge in [-0.1, -0.05) is 6.92 Å². The van der Waals surface area contributed by atoms with Gasteiger partial charge in [-0.2, -0.15) is 0 Å². The Labute approximate surface area is 107 Å². The first-order valence-corrected chi connectivity index (χ1v) is 5.85. The first-order valence-electron chi connectivity index (χ1n) is 5.85. The van der Waals surface area contributed by atoms with Crippen molar-refractivity contribution in [3.05, 3.63) is 28.8 Å². The molecule has 18 heavy (non-hydrogen) atoms. The molecule has 0 saturated carbocycles. The van der Waals surface area contributed by atoms with E-state index in [0.717, 1.165) is 11.1 Å². The van der Waals surface area contributed by atoms with Crippen molar-refractivity contribution in [3.63, 3.8) is 0 Å². The second-order valence-electron chi connectivity index (χ2n) is 4.23. The van der Waals surface area contributed by atoms with Gasteiger partial charge >= 0.3 is 5.97 Å². The van der Waals surface area contributed by atoms with Crippen LogP contribution in [0.15, 0.2) is 12.1 Å². The minimum absolute atomic E-state index is 0.290. The lowest BCUT2D eigenvalue weighted by molar-refractivity contribution is -0.140. The number of carboxylic acid groups (broad SMARTS) is 1. The van der Waals surface area contributed by atoms with Gasteiger partial charge in [0.1, 0.15) is 11.7 Å². The second-order valence-corrected chi connectivity index (χ2v) is 4.23. The van der Waals surface area contributed by atoms with Crippen LogP contribution in [0, 0.1) is 19.8 Å². The third-order valence-corrected chi connectivity index (χ3v) is 3.25. The highest BCUT2D eigenvalue weighted by Gasteiger charge is 2.27. The molecule has 1 N–H and O–H groups in total. The molecule has 0 saturated heterocycles. The molecule has 0 aliphatic heterocycles. The normalized spacial score (nSPS) is 12.0. The van der Waals surface area contributed by atoms with Crippen molar-refractivity contribution in [2.45, 2.75) is 27.2 Å². The zero-order valence-electron chi connectivity index (χ0n) is 11.1. The summed E-state index contributed by atoms with van der Waals surface area (Å²) in [5.74, 6) is -1.69. The van der Waals surface area contributed by atoms with Gasteiger partial charge in [0.05, 0.1) is 7.11 Å². The summed E-state index contributed by atoms with van der Waals surface area (Å²) in [7, 11) is 1.56. The fourth-order valence-corrected chi connectivity index (χ4v) is 1.94. The fourth-order valence-electron chi connectivity index (χ4n) is 1.94. The van der Waals surface area contributed by atoms with Crippen molar-refractivity contribution in [2.24, 2.45) is 5.92 Å². The number of carboxylic acids is 1. The van der Waals surface area contributed by atoms with E-state index in [-0.39, 0.29) is 5.78 Å². The molecule has 4 heteroatoms. The third kappa shape index (κ3) is 2.53. The number of ketones is 1. The van der Waals surface area contributed by atoms with Crippen LogP contribution in [-0.4, -0.2) is 24.0 Å². The van der Waals surface area contributed by atoms with Gasteiger partial charge in [-0.3, -0.25) is 9.59 Å². The van der Waals surface area contributed by atoms with Crippen molar-refractivity contribution in [2.75, 3.05) is 7.11 Å². The van der Waals surface area contributed by atoms with Crippen molar-refractivity contribution >= 4 is 11.8 Å². The van der Waals surface area contributed by atoms with Crippen LogP contribution in [0.5, 0.6) is 5.75 Å². The van der Waals surface area contributed by atoms with Crippen LogP contribution < -0.4 is 4.74 Å². The maximum Gasteiger partial charge on any atom is 0.314 e. The summed E-state index contributed by atoms with van der Waals surface area (Å²) < 4.78 is 5.17. The molecule has 0 radical (unpaired) electrons. The van der Waals surface area contributed by atoms with Crippen LogP contribution in [0.1, 0.15) is 34.8 Å². The summed E-state index contributed by atoms with van der Waals surface area (Å²) in [4.78, 5) is 23.2. The highest BCUT2D eigenvalue weighted by atomic mass is 16.5. The molecule has 1 atom stereocenters. The SMILES string of the molecule is CCC(C(=O)O)C(=O)c1ccc(OC)c(C)c1C. The number of hydrogen-bond donors (Lipinski definition) is 1. The van der Waals surface area contributed by atoms with Gasteiger partial charge in [0.25, 0.3) is 0 Å². The van der Waals surface area contributed by atoms with E-state index >= 15 is 0 Å². The standard InChI is InChI=1S/C14H18O4/c1-5-10(14(16)17)13(15)11-6-7-12(18-4)9(3)8(11)2/h6-7,10H,5H2,1-4H3,(H,16,17). The first kappa shape index (κ1) is 14.2. The van der Waals surface area contributed by atoms with Gasteiger partial charge in [0, 0.05) is 5.56 Å². The summed E-state index contributed by atoms with van der Waals surface area (Å²) in [6, 6.07) is 3.33. The number of carbonyl (C=O) groups is 2. The largest absolute Gasteiger partial charge is 0.496 e. The highest BCUT2D eigenvalue weighted by molar-refractivity contribution is 6.09. The number of carbonyl (C=O) groups excluding carboxylic acids is 1. The Balaban J connectivity index is 3.22. The zero-order valence-corrected chi connectivity index (χ0v) is 11.1. The summed E-state index contributed by atoms with van der Waals surface area (Å²) in [5.41, 5.74) is 2.10. The Bertz CT molecular complexity index is 477. The minimum Gasteiger partial charge on any atom is -0.496 e. The molecule has 0 aliphatic rings. The van der Waals surface area contributed by atoms with E-state index in [2.05, 4.69) is 0 Å². The van der Waals surface area contributed by atoms with Crippen LogP contribution in [0.4, 0.5) is 0 Å². The first-order chi connectivity index (χ1) is 8.43. The molecule has 0 amide bonds. The van der Waals surface area contributed by atoms with Crippen molar-refractivity contribution < 1.29 is 19.4 Å². The Morgan fingerprint density at radius 3 is 2.33 bits per heavy atom. The second kappa shape index (κ2) is 5.67. The number of ether oxygens (including phenoxy) is 1. The molecule has 0 aromatic heterocycles. The van der Waals surface area contributed by atoms with Gasteiger partial charge in [-0.15, -0.1) is 0 Å². The Morgan fingerprint density at radius 1 is 1.28 bits per heavy atom. The van der Waals surface area contributed by atoms with Gasteiger partial charge in [-0.05, 0) is 43.5 Å². The lowest BCUT2D eigenvalue weighted by Crippen LogP contribution is -2.24. The number of benzene rings is 1. The van der Waals surface area contributed by atoms with Crippen LogP contribution in [0.3, 0.4) is 0 Å². The summed E-state index contributed by atoms with van der Waals surface area (Å²) in [6.07, 6.45) is 0.290. The van der Waals surface area contributed by atoms with Crippen molar-refractivity contribution in [1.29, 1.82) is 0 Å². The average molecular weight is 250 g/mol. The topological polar surface area (TPSA) is 63.6 Å². The molecule has 1 aromatic carbocycles. The Morgan fingerprint density at radius 2 is 1.89 bits per heavy atom. The van der Waals surface area contributed by atoms with Crippen LogP contribution in [0.25, 0.3) is 0 Å². The van der Waals surface area contributed by atoms with Crippen molar-refractivity contribution in [1.82, 2.24) is 0 Å². The molecule has 1 unspecified atom stereocenters. The average Bonchev–Trinajstić information content (AvgIpc) is 2.32. The molecular formula is C14H18O4. The molecule has 0 bridgehead atoms. The lowest BCUT2D eigenvalue weighted by Gasteiger charge is -2.14. The summed E-state index contributed by atoms with van der Waals surface area (Å²) in [5, 5.41) is 9.02. The smallest absolute Gasteiger partial charge is 0.314 e. The van der Waals surface area contributed by atoms with Gasteiger partial charge in [0.15, 0.2) is 5.78 Å². The number of hydrogen-bond acceptors (Lipinski definition) is 3. The molecule has 1 rings (SSSR count). The van der Waals surface area contributed by atoms with E-state index < -0.39 is 11.9 Å². The maximum absolute atomic E-state index is 12.2. The predicted molar refractivity (Wildman–Crippen MR) is 68.2 cm³/mol. The number of rotatable bonds is 5. The van der Waals surface area contributed by atoms with E-state index in [9.17, 15) is 9.59 Å². The van der Waals surface area contributed by atoms with Crippen LogP contribution in [-0.2, 0) is 4.79 Å². The molecule has 1 aromatic rings. The van der Waals surface area contributed by atoms with Gasteiger partial charge in [0.2, 0.25) is 0 Å². The van der Waals surface area contributed by atoms with Crippen molar-refractivity contribution in [3.8, 4) is 5.75 Å². The molecule has 0 heterocycles. The third-order valence-electron chi connectivity index (χ3n) is 3.25. The summed E-state index contributed by atoms with van der Waals surface area (Å²) >= 11 is 0. The predicted octanol–water partition coefficient (Wildman–Crippen LogP) is 2.61. The van der Waals surface area contributed by atoms with E-state index in [1.165, 1.54) is 0 Å². The van der Waals surface area contributed by atoms with E-state index in [1.54, 1.807) is 33.1 Å². The van der Waals surface area contributed by atoms with Gasteiger partial charge < -0.3 is 9.84 Å². The van der Waals surface area contributed by atoms with Gasteiger partial charge in [-0.25, -0.2) is 0 Å². The zero-order chi connectivity index (χ0) is 13.9. The molecular weight excluding hydrogens is 232 g/mol. The Kier molecular flexibility index (Phi) is 4.48. The number of Topliss-reactive ketones (excluding diaryl/α,β-unsaturated/α-hetero) is 1. The number of methoxy groups -OCH3 is 1. The molecule has 0 aliphatic carbocycles. The van der Waals surface area contributed by atoms with Crippen LogP contribution >= 0.6 is 0 Å². The Hall–Kier alpha value is -1.84. The molecule has 0 spiro atoms. The monoisotopic (exact) mass is 250 g/mol. The van der Waals surface area contributed by atoms with Crippen LogP contribution in [0.2, 0.25) is 0 Å². The quantitative estimate of drug-likeness (QED) is 0.644. The molecule has 0 fully saturated rings.